The van der Waals surface area contributed by atoms with Gasteiger partial charge in [-0.2, -0.15) is 13.2 Å². The third-order valence-electron chi connectivity index (χ3n) is 5.65. The van der Waals surface area contributed by atoms with Crippen LogP contribution in [0.3, 0.4) is 0 Å². The second kappa shape index (κ2) is 12.3. The van der Waals surface area contributed by atoms with E-state index in [4.69, 9.17) is 10.8 Å². The molecule has 1 aromatic carbocycles. The number of nitrogens with two attached hydrogens (primary N) is 1. The number of halogens is 3. The number of carbonyl (C=O) groups excluding carboxylic acids is 2. The monoisotopic (exact) mass is 509 g/mol. The maximum Gasteiger partial charge on any atom is 0.417 e. The molecule has 2 amide bonds. The molecule has 12 heteroatoms. The smallest absolute Gasteiger partial charge is 0.417 e. The normalized spacial score (nSPS) is 17.7. The number of hydrogen-bond donors (Lipinski definition) is 2. The average molecular weight is 510 g/mol. The summed E-state index contributed by atoms with van der Waals surface area (Å²) in [4.78, 5) is 37.1. The molecule has 0 aliphatic carbocycles. The Morgan fingerprint density at radius 1 is 1.06 bits per heavy atom. The van der Waals surface area contributed by atoms with E-state index in [9.17, 15) is 27.6 Å². The first-order valence-corrected chi connectivity index (χ1v) is 11.5. The first-order chi connectivity index (χ1) is 16.9. The van der Waals surface area contributed by atoms with Crippen LogP contribution in [0.15, 0.2) is 36.4 Å². The molecule has 0 bridgehead atoms. The Kier molecular flexibility index (Phi) is 9.76. The van der Waals surface area contributed by atoms with Crippen molar-refractivity contribution in [2.45, 2.75) is 58.3 Å². The van der Waals surface area contributed by atoms with Crippen molar-refractivity contribution in [1.82, 2.24) is 15.1 Å². The molecule has 2 aromatic rings. The van der Waals surface area contributed by atoms with Crippen LogP contribution in [0.5, 0.6) is 0 Å². The molecule has 2 unspecified atom stereocenters. The van der Waals surface area contributed by atoms with Crippen molar-refractivity contribution in [3.05, 3.63) is 53.2 Å². The number of unbranched alkanes of at least 4 members (excludes halogenated alkanes) is 1. The van der Waals surface area contributed by atoms with E-state index in [0.29, 0.717) is 18.8 Å². The van der Waals surface area contributed by atoms with Crippen LogP contribution in [0.25, 0.3) is 0 Å². The number of nitrogens with zero attached hydrogens (tertiary/aromatic N) is 4. The highest BCUT2D eigenvalue weighted by molar-refractivity contribution is 5.96. The molecule has 0 saturated carbocycles. The van der Waals surface area contributed by atoms with Gasteiger partial charge in [0.1, 0.15) is 0 Å². The number of benzene rings is 1. The zero-order chi connectivity index (χ0) is 27.0. The lowest BCUT2D eigenvalue weighted by atomic mass is 10.0. The highest BCUT2D eigenvalue weighted by atomic mass is 19.4. The molecule has 2 atom stereocenters. The van der Waals surface area contributed by atoms with E-state index in [1.165, 1.54) is 35.2 Å². The van der Waals surface area contributed by atoms with Crippen LogP contribution in [0.2, 0.25) is 0 Å². The van der Waals surface area contributed by atoms with E-state index in [0.717, 1.165) is 18.9 Å². The molecule has 1 aliphatic heterocycles. The van der Waals surface area contributed by atoms with Crippen molar-refractivity contribution in [2.24, 2.45) is 5.73 Å². The number of aromatic nitrogens is 2. The Labute approximate surface area is 207 Å². The summed E-state index contributed by atoms with van der Waals surface area (Å²) in [6, 6.07) is 6.96. The summed E-state index contributed by atoms with van der Waals surface area (Å²) in [5.41, 5.74) is 3.32. The van der Waals surface area contributed by atoms with E-state index in [1.807, 2.05) is 18.7 Å². The lowest BCUT2D eigenvalue weighted by molar-refractivity contribution is -0.138. The zero-order valence-corrected chi connectivity index (χ0v) is 20.3. The minimum atomic E-state index is -4.62. The highest BCUT2D eigenvalue weighted by Crippen LogP contribution is 2.33. The van der Waals surface area contributed by atoms with E-state index in [2.05, 4.69) is 10.2 Å². The Morgan fingerprint density at radius 2 is 1.72 bits per heavy atom. The summed E-state index contributed by atoms with van der Waals surface area (Å²) in [6.45, 7) is 6.10. The number of piperazine rings is 1. The summed E-state index contributed by atoms with van der Waals surface area (Å²) in [5.74, 6) is -1.62. The molecule has 196 valence electrons. The maximum atomic E-state index is 13.3. The number of carboxylic acid groups (broad SMARTS) is 1. The van der Waals surface area contributed by atoms with Crippen LogP contribution < -0.4 is 10.6 Å². The van der Waals surface area contributed by atoms with Crippen molar-refractivity contribution in [2.75, 3.05) is 18.0 Å². The van der Waals surface area contributed by atoms with Crippen molar-refractivity contribution >= 4 is 23.6 Å². The molecule has 1 saturated heterocycles. The number of alkyl halides is 3. The fraction of sp³-hybridized carbons (Fsp3) is 0.458. The standard InChI is InChI=1S/C19H19F3N4O3.C5H11NO/c1-11-10-26(17(27)13-5-3-4-6-14(13)19(20,21)22)12(2)9-25(11)16-8-7-15(18(28)29)23-24-16;1-2-3-4-5(6)7/h3-8,11-12H,9-10H2,1-2H3,(H,28,29);2-4H2,1H3,(H2,6,7). The minimum Gasteiger partial charge on any atom is -0.476 e. The summed E-state index contributed by atoms with van der Waals surface area (Å²) >= 11 is 0. The van der Waals surface area contributed by atoms with Crippen molar-refractivity contribution in [3.63, 3.8) is 0 Å². The molecular weight excluding hydrogens is 479 g/mol. The van der Waals surface area contributed by atoms with Gasteiger partial charge in [0, 0.05) is 31.6 Å². The van der Waals surface area contributed by atoms with Gasteiger partial charge in [-0.25, -0.2) is 4.79 Å². The van der Waals surface area contributed by atoms with Gasteiger partial charge in [0.2, 0.25) is 5.91 Å². The van der Waals surface area contributed by atoms with Crippen LogP contribution >= 0.6 is 0 Å². The number of rotatable bonds is 6. The van der Waals surface area contributed by atoms with E-state index < -0.39 is 23.6 Å². The Balaban J connectivity index is 0.000000572. The average Bonchev–Trinajstić information content (AvgIpc) is 2.83. The Hall–Kier alpha value is -3.70. The van der Waals surface area contributed by atoms with Gasteiger partial charge in [-0.3, -0.25) is 9.59 Å². The second-order valence-corrected chi connectivity index (χ2v) is 8.50. The number of hydrogen-bond acceptors (Lipinski definition) is 6. The number of carboxylic acids is 1. The van der Waals surface area contributed by atoms with E-state index in [1.54, 1.807) is 6.92 Å². The first kappa shape index (κ1) is 28.5. The largest absolute Gasteiger partial charge is 0.476 e. The molecule has 36 heavy (non-hydrogen) atoms. The number of amides is 2. The molecule has 3 rings (SSSR count). The van der Waals surface area contributed by atoms with Gasteiger partial charge in [0.15, 0.2) is 11.5 Å². The van der Waals surface area contributed by atoms with Crippen molar-refractivity contribution < 1.29 is 32.7 Å². The molecule has 1 aromatic heterocycles. The molecule has 3 N–H and O–H groups in total. The minimum absolute atomic E-state index is 0.188. The molecular formula is C24H30F3N5O4. The first-order valence-electron chi connectivity index (χ1n) is 11.5. The summed E-state index contributed by atoms with van der Waals surface area (Å²) < 4.78 is 39.9. The van der Waals surface area contributed by atoms with Crippen LogP contribution in [0.4, 0.5) is 19.0 Å². The van der Waals surface area contributed by atoms with Gasteiger partial charge >= 0.3 is 12.1 Å². The third-order valence-corrected chi connectivity index (χ3v) is 5.65. The van der Waals surface area contributed by atoms with Crippen LogP contribution in [0, 0.1) is 0 Å². The fourth-order valence-electron chi connectivity index (χ4n) is 3.74. The van der Waals surface area contributed by atoms with E-state index in [-0.39, 0.29) is 35.8 Å². The van der Waals surface area contributed by atoms with Gasteiger partial charge in [-0.1, -0.05) is 25.5 Å². The topological polar surface area (TPSA) is 130 Å². The van der Waals surface area contributed by atoms with Gasteiger partial charge in [0.25, 0.3) is 5.91 Å². The Bertz CT molecular complexity index is 1060. The lowest BCUT2D eigenvalue weighted by Crippen LogP contribution is -2.58. The van der Waals surface area contributed by atoms with Crippen molar-refractivity contribution in [3.8, 4) is 0 Å². The fourth-order valence-corrected chi connectivity index (χ4v) is 3.74. The van der Waals surface area contributed by atoms with E-state index >= 15 is 0 Å². The summed E-state index contributed by atoms with van der Waals surface area (Å²) in [7, 11) is 0. The number of aromatic carboxylic acids is 1. The molecule has 1 fully saturated rings. The predicted molar refractivity (Wildman–Crippen MR) is 126 cm³/mol. The summed E-state index contributed by atoms with van der Waals surface area (Å²) in [5, 5.41) is 16.5. The predicted octanol–water partition coefficient (Wildman–Crippen LogP) is 3.59. The van der Waals surface area contributed by atoms with Gasteiger partial charge < -0.3 is 20.6 Å². The quantitative estimate of drug-likeness (QED) is 0.609. The highest BCUT2D eigenvalue weighted by Gasteiger charge is 2.39. The van der Waals surface area contributed by atoms with Gasteiger partial charge in [0.05, 0.1) is 11.1 Å². The molecule has 1 aliphatic rings. The third kappa shape index (κ3) is 7.40. The second-order valence-electron chi connectivity index (χ2n) is 8.50. The lowest BCUT2D eigenvalue weighted by Gasteiger charge is -2.44. The van der Waals surface area contributed by atoms with Crippen molar-refractivity contribution in [1.29, 1.82) is 0 Å². The molecule has 9 nitrogen and oxygen atoms in total. The SMILES string of the molecule is CC1CN(c2ccc(C(=O)O)nn2)C(C)CN1C(=O)c1ccccc1C(F)(F)F.CCCCC(N)=O. The zero-order valence-electron chi connectivity index (χ0n) is 20.3. The van der Waals surface area contributed by atoms with Gasteiger partial charge in [-0.15, -0.1) is 10.2 Å². The summed E-state index contributed by atoms with van der Waals surface area (Å²) in [6.07, 6.45) is -2.11. The molecule has 2 heterocycles. The van der Waals surface area contributed by atoms with Crippen LogP contribution in [0.1, 0.15) is 66.4 Å². The number of carbonyl (C=O) groups is 3. The maximum absolute atomic E-state index is 13.3. The van der Waals surface area contributed by atoms with Crippen LogP contribution in [-0.2, 0) is 11.0 Å². The molecule has 0 spiro atoms. The number of primary amides is 1. The molecule has 0 radical (unpaired) electrons. The van der Waals surface area contributed by atoms with Gasteiger partial charge in [-0.05, 0) is 44.5 Å². The van der Waals surface area contributed by atoms with Crippen LogP contribution in [-0.4, -0.2) is 63.2 Å². The Morgan fingerprint density at radius 3 is 2.22 bits per heavy atom. The number of anilines is 1.